The van der Waals surface area contributed by atoms with E-state index in [-0.39, 0.29) is 0 Å². The maximum Gasteiger partial charge on any atom is 0.180 e. The Morgan fingerprint density at radius 2 is 1.95 bits per heavy atom. The highest BCUT2D eigenvalue weighted by atomic mass is 79.9. The summed E-state index contributed by atoms with van der Waals surface area (Å²) in [6, 6.07) is 16.3. The fourth-order valence-electron chi connectivity index (χ4n) is 2.74. The number of rotatable bonds is 2. The van der Waals surface area contributed by atoms with E-state index >= 15 is 0 Å². The third-order valence-corrected chi connectivity index (χ3v) is 4.20. The zero-order chi connectivity index (χ0) is 15.1. The van der Waals surface area contributed by atoms with Crippen molar-refractivity contribution in [2.75, 3.05) is 5.73 Å². The Kier molecular flexibility index (Phi) is 3.08. The molecule has 4 aromatic rings. The van der Waals surface area contributed by atoms with Crippen LogP contribution in [0.4, 0.5) is 5.82 Å². The first kappa shape index (κ1) is 13.3. The standard InChI is InChI=1S/C17H13BrN4/c18-12-5-3-4-11(8-12)9-13-10-20-17-16(19)21-14-6-1-2-7-15(14)22(13)17/h1-8,10H,9H2,(H2,19,21). The molecular weight excluding hydrogens is 340 g/mol. The van der Waals surface area contributed by atoms with Crippen molar-refractivity contribution >= 4 is 38.4 Å². The molecule has 0 spiro atoms. The van der Waals surface area contributed by atoms with Crippen molar-refractivity contribution in [1.29, 1.82) is 0 Å². The SMILES string of the molecule is Nc1nc2ccccc2n2c(Cc3cccc(Br)c3)cnc12. The first-order valence-electron chi connectivity index (χ1n) is 6.97. The summed E-state index contributed by atoms with van der Waals surface area (Å²) < 4.78 is 3.17. The predicted molar refractivity (Wildman–Crippen MR) is 91.9 cm³/mol. The monoisotopic (exact) mass is 352 g/mol. The lowest BCUT2D eigenvalue weighted by Crippen LogP contribution is -2.02. The zero-order valence-corrected chi connectivity index (χ0v) is 13.3. The maximum atomic E-state index is 6.05. The maximum absolute atomic E-state index is 6.05. The Balaban J connectivity index is 1.95. The molecular formula is C17H13BrN4. The molecule has 0 saturated carbocycles. The van der Waals surface area contributed by atoms with Crippen LogP contribution in [0.2, 0.25) is 0 Å². The molecule has 0 aliphatic carbocycles. The van der Waals surface area contributed by atoms with E-state index in [2.05, 4.69) is 42.4 Å². The van der Waals surface area contributed by atoms with Crippen LogP contribution in [0, 0.1) is 0 Å². The van der Waals surface area contributed by atoms with Gasteiger partial charge in [0.2, 0.25) is 0 Å². The van der Waals surface area contributed by atoms with E-state index in [0.717, 1.165) is 27.6 Å². The molecule has 0 atom stereocenters. The molecule has 4 rings (SSSR count). The Hall–Kier alpha value is -2.40. The van der Waals surface area contributed by atoms with Crippen LogP contribution in [0.25, 0.3) is 16.7 Å². The Bertz CT molecular complexity index is 990. The number of fused-ring (bicyclic) bond motifs is 3. The van der Waals surface area contributed by atoms with Crippen LogP contribution >= 0.6 is 15.9 Å². The zero-order valence-electron chi connectivity index (χ0n) is 11.7. The second-order valence-corrected chi connectivity index (χ2v) is 6.12. The molecule has 5 heteroatoms. The normalized spacial score (nSPS) is 11.3. The molecule has 2 aromatic carbocycles. The number of nitrogen functional groups attached to an aromatic ring is 1. The second-order valence-electron chi connectivity index (χ2n) is 5.20. The van der Waals surface area contributed by atoms with Gasteiger partial charge in [-0.2, -0.15) is 0 Å². The van der Waals surface area contributed by atoms with Crippen LogP contribution < -0.4 is 5.73 Å². The van der Waals surface area contributed by atoms with E-state index in [4.69, 9.17) is 5.73 Å². The van der Waals surface area contributed by atoms with Gasteiger partial charge in [-0.15, -0.1) is 0 Å². The van der Waals surface area contributed by atoms with Crippen molar-refractivity contribution in [3.8, 4) is 0 Å². The van der Waals surface area contributed by atoms with Crippen LogP contribution in [0.1, 0.15) is 11.3 Å². The third-order valence-electron chi connectivity index (χ3n) is 3.70. The van der Waals surface area contributed by atoms with E-state index in [1.54, 1.807) is 0 Å². The number of aromatic nitrogens is 3. The highest BCUT2D eigenvalue weighted by Gasteiger charge is 2.11. The van der Waals surface area contributed by atoms with Crippen molar-refractivity contribution in [3.63, 3.8) is 0 Å². The first-order valence-corrected chi connectivity index (χ1v) is 7.76. The van der Waals surface area contributed by atoms with E-state index in [0.29, 0.717) is 11.5 Å². The summed E-state index contributed by atoms with van der Waals surface area (Å²) in [7, 11) is 0. The summed E-state index contributed by atoms with van der Waals surface area (Å²) in [5, 5.41) is 0. The van der Waals surface area contributed by atoms with Crippen LogP contribution in [0.3, 0.4) is 0 Å². The molecule has 4 nitrogen and oxygen atoms in total. The van der Waals surface area contributed by atoms with Gasteiger partial charge < -0.3 is 5.73 Å². The number of anilines is 1. The van der Waals surface area contributed by atoms with Gasteiger partial charge in [-0.3, -0.25) is 4.40 Å². The minimum Gasteiger partial charge on any atom is -0.381 e. The number of hydrogen-bond acceptors (Lipinski definition) is 3. The molecule has 0 saturated heterocycles. The van der Waals surface area contributed by atoms with E-state index in [1.165, 1.54) is 5.56 Å². The first-order chi connectivity index (χ1) is 10.7. The van der Waals surface area contributed by atoms with Crippen molar-refractivity contribution in [3.05, 3.63) is 70.5 Å². The lowest BCUT2D eigenvalue weighted by molar-refractivity contribution is 1.05. The topological polar surface area (TPSA) is 56.2 Å². The number of para-hydroxylation sites is 2. The van der Waals surface area contributed by atoms with Crippen molar-refractivity contribution in [2.24, 2.45) is 0 Å². The minimum absolute atomic E-state index is 0.458. The number of imidazole rings is 1. The quantitative estimate of drug-likeness (QED) is 0.596. The van der Waals surface area contributed by atoms with Gasteiger partial charge in [0.25, 0.3) is 0 Å². The molecule has 0 aliphatic rings. The average molecular weight is 353 g/mol. The van der Waals surface area contributed by atoms with Gasteiger partial charge >= 0.3 is 0 Å². The summed E-state index contributed by atoms with van der Waals surface area (Å²) in [5.74, 6) is 0.458. The fourth-order valence-corrected chi connectivity index (χ4v) is 3.19. The average Bonchev–Trinajstić information content (AvgIpc) is 2.92. The smallest absolute Gasteiger partial charge is 0.180 e. The van der Waals surface area contributed by atoms with Gasteiger partial charge in [0.1, 0.15) is 0 Å². The van der Waals surface area contributed by atoms with Gasteiger partial charge in [0.05, 0.1) is 11.0 Å². The van der Waals surface area contributed by atoms with Gasteiger partial charge in [-0.05, 0) is 29.8 Å². The molecule has 2 N–H and O–H groups in total. The van der Waals surface area contributed by atoms with Crippen molar-refractivity contribution < 1.29 is 0 Å². The number of nitrogens with two attached hydrogens (primary N) is 1. The van der Waals surface area contributed by atoms with Crippen molar-refractivity contribution in [1.82, 2.24) is 14.4 Å². The van der Waals surface area contributed by atoms with Gasteiger partial charge in [0, 0.05) is 22.8 Å². The number of hydrogen-bond donors (Lipinski definition) is 1. The summed E-state index contributed by atoms with van der Waals surface area (Å²) in [4.78, 5) is 8.88. The molecule has 2 aromatic heterocycles. The second kappa shape index (κ2) is 5.10. The van der Waals surface area contributed by atoms with Crippen LogP contribution in [0.5, 0.6) is 0 Å². The Labute approximate surface area is 135 Å². The van der Waals surface area contributed by atoms with E-state index < -0.39 is 0 Å². The largest absolute Gasteiger partial charge is 0.381 e. The highest BCUT2D eigenvalue weighted by Crippen LogP contribution is 2.23. The summed E-state index contributed by atoms with van der Waals surface area (Å²) in [5.41, 5.74) is 11.0. The predicted octanol–water partition coefficient (Wildman–Crippen LogP) is 3.82. The Morgan fingerprint density at radius 3 is 2.82 bits per heavy atom. The molecule has 22 heavy (non-hydrogen) atoms. The van der Waals surface area contributed by atoms with Crippen molar-refractivity contribution in [2.45, 2.75) is 6.42 Å². The van der Waals surface area contributed by atoms with E-state index in [1.807, 2.05) is 42.6 Å². The summed E-state index contributed by atoms with van der Waals surface area (Å²) in [6.45, 7) is 0. The van der Waals surface area contributed by atoms with E-state index in [9.17, 15) is 0 Å². The Morgan fingerprint density at radius 1 is 1.09 bits per heavy atom. The van der Waals surface area contributed by atoms with Crippen LogP contribution in [0.15, 0.2) is 59.2 Å². The van der Waals surface area contributed by atoms with Crippen LogP contribution in [-0.4, -0.2) is 14.4 Å². The van der Waals surface area contributed by atoms with Gasteiger partial charge in [-0.1, -0.05) is 40.2 Å². The molecule has 0 unspecified atom stereocenters. The minimum atomic E-state index is 0.458. The lowest BCUT2D eigenvalue weighted by Gasteiger charge is -2.08. The van der Waals surface area contributed by atoms with Gasteiger partial charge in [0.15, 0.2) is 11.5 Å². The molecule has 0 radical (unpaired) electrons. The number of halogens is 1. The molecule has 0 aliphatic heterocycles. The third kappa shape index (κ3) is 2.14. The summed E-state index contributed by atoms with van der Waals surface area (Å²) in [6.07, 6.45) is 2.66. The van der Waals surface area contributed by atoms with Gasteiger partial charge in [-0.25, -0.2) is 9.97 Å². The summed E-state index contributed by atoms with van der Waals surface area (Å²) >= 11 is 3.51. The number of benzene rings is 2. The molecule has 0 amide bonds. The fraction of sp³-hybridized carbons (Fsp3) is 0.0588. The molecule has 0 bridgehead atoms. The van der Waals surface area contributed by atoms with Crippen LogP contribution in [-0.2, 0) is 6.42 Å². The highest BCUT2D eigenvalue weighted by molar-refractivity contribution is 9.10. The molecule has 0 fully saturated rings. The molecule has 2 heterocycles. The number of nitrogens with zero attached hydrogens (tertiary/aromatic N) is 3. The molecule has 108 valence electrons. The lowest BCUT2D eigenvalue weighted by atomic mass is 10.1.